The highest BCUT2D eigenvalue weighted by Gasteiger charge is 2.56. The smallest absolute Gasteiger partial charge is 0.418 e. The van der Waals surface area contributed by atoms with Gasteiger partial charge >= 0.3 is 22.4 Å². The van der Waals surface area contributed by atoms with E-state index in [-0.39, 0.29) is 35.6 Å². The van der Waals surface area contributed by atoms with Gasteiger partial charge in [-0.15, -0.1) is 16.0 Å². The fourth-order valence-corrected chi connectivity index (χ4v) is 13.5. The summed E-state index contributed by atoms with van der Waals surface area (Å²) in [5.74, 6) is -2.55. The second-order valence-corrected chi connectivity index (χ2v) is 22.7. The number of sulfonamides is 1. The second kappa shape index (κ2) is 19.1. The number of piperidine rings is 1. The molecule has 2 bridgehead atoms. The average molecular weight is 1090 g/mol. The number of carbonyl (C=O) groups is 4. The minimum absolute atomic E-state index is 0.0208. The molecule has 4 atom stereocenters. The molecule has 4 amide bonds. The SMILES string of the molecule is CN(c1ccc2c(-c3ccccc3S(=O)(=O)N(C)CC3=C(C(=O)O)N4C(=O)[C@@H](NC(=O)C5CC[C@H]6CN5C(=O)N6OS(=O)(=O)O)[C@H]4SC3)c3ccc(=[N+](C)c4ccccc4Cl)cc-3oc2c1)c1ccccc1Cl. The summed E-state index contributed by atoms with van der Waals surface area (Å²) in [6.07, 6.45) is 0.236. The molecule has 0 saturated carbocycles. The van der Waals surface area contributed by atoms with Crippen LogP contribution in [-0.4, -0.2) is 133 Å². The van der Waals surface area contributed by atoms with E-state index in [1.165, 1.54) is 13.1 Å². The van der Waals surface area contributed by atoms with Gasteiger partial charge < -0.3 is 24.6 Å². The average Bonchev–Trinajstić information content (AvgIpc) is 3.59. The number of hydrogen-bond acceptors (Lipinski definition) is 12. The number of likely N-dealkylation sites (N-methyl/N-ethyl adjacent to an activating group) is 1. The summed E-state index contributed by atoms with van der Waals surface area (Å²) < 4.78 is 76.0. The van der Waals surface area contributed by atoms with Crippen molar-refractivity contribution in [3.63, 3.8) is 0 Å². The highest BCUT2D eigenvalue weighted by Crippen LogP contribution is 2.45. The summed E-state index contributed by atoms with van der Waals surface area (Å²) in [5.41, 5.74) is 3.86. The predicted octanol–water partition coefficient (Wildman–Crippen LogP) is 6.38. The van der Waals surface area contributed by atoms with Crippen molar-refractivity contribution >= 4 is 107 Å². The van der Waals surface area contributed by atoms with E-state index in [1.807, 2.05) is 96.4 Å². The van der Waals surface area contributed by atoms with Gasteiger partial charge in [-0.2, -0.15) is 22.4 Å². The number of amides is 4. The van der Waals surface area contributed by atoms with E-state index in [9.17, 15) is 32.7 Å². The van der Waals surface area contributed by atoms with Crippen LogP contribution < -0.4 is 20.1 Å². The Morgan fingerprint density at radius 1 is 0.904 bits per heavy atom. The number of urea groups is 1. The van der Waals surface area contributed by atoms with Gasteiger partial charge in [0.05, 0.1) is 27.7 Å². The maximum atomic E-state index is 15.0. The number of rotatable bonds is 13. The zero-order valence-electron chi connectivity index (χ0n) is 38.9. The standard InChI is InChI=1S/C49H43Cl2N7O12S3/c1-53(24-27-26-71-47-43(46(60)57(47)44(27)48(61)62)52-45(59)38-21-18-30-25-56(38)49(63)58(30)70-73(66,67)68)72(64,65)41-15-9-4-10-33(41)42-31-19-16-28(54(2)36-13-7-5-11-34(36)50)22-39(31)69-40-23-29(17-20-32(40)42)55(3)37-14-8-6-12-35(37)51/h4-17,19-20,22-23,30,38,43,47H,18,21,24-26H2,1-3H3,(H2-,52,59,61,62,66,67,68)/p+1/t30-,38?,43+,47+/m0/s1. The molecule has 10 rings (SSSR count). The fourth-order valence-electron chi connectivity index (χ4n) is 9.88. The normalized spacial score (nSPS) is 20.4. The van der Waals surface area contributed by atoms with Gasteiger partial charge in [-0.05, 0) is 60.9 Å². The van der Waals surface area contributed by atoms with Crippen LogP contribution in [0.15, 0.2) is 130 Å². The number of anilines is 2. The van der Waals surface area contributed by atoms with E-state index >= 15 is 8.42 Å². The first-order chi connectivity index (χ1) is 34.7. The molecule has 1 unspecified atom stereocenters. The zero-order valence-corrected chi connectivity index (χ0v) is 42.8. The van der Waals surface area contributed by atoms with Crippen molar-refractivity contribution in [1.82, 2.24) is 29.1 Å². The summed E-state index contributed by atoms with van der Waals surface area (Å²) in [4.78, 5) is 57.2. The molecule has 0 radical (unpaired) electrons. The lowest BCUT2D eigenvalue weighted by atomic mass is 9.93. The minimum atomic E-state index is -5.02. The number of hydroxylamine groups is 2. The molecule has 19 nitrogen and oxygen atoms in total. The number of carbonyl (C=O) groups excluding carboxylic acids is 3. The summed E-state index contributed by atoms with van der Waals surface area (Å²) in [7, 11) is -4.40. The molecule has 5 heterocycles. The molecular formula is C49H44Cl2N7O12S3+. The van der Waals surface area contributed by atoms with Crippen LogP contribution in [-0.2, 0) is 39.1 Å². The molecule has 5 aliphatic heterocycles. The Kier molecular flexibility index (Phi) is 13.1. The number of hydrogen-bond donors (Lipinski definition) is 3. The quantitative estimate of drug-likeness (QED) is 0.0494. The maximum absolute atomic E-state index is 15.0. The molecule has 73 heavy (non-hydrogen) atoms. The van der Waals surface area contributed by atoms with Crippen molar-refractivity contribution in [2.75, 3.05) is 44.9 Å². The number of benzene rings is 5. The van der Waals surface area contributed by atoms with Gasteiger partial charge in [0.15, 0.2) is 0 Å². The lowest BCUT2D eigenvalue weighted by molar-refractivity contribution is -0.151. The summed E-state index contributed by atoms with van der Waals surface area (Å²) in [5, 5.41) is 15.2. The van der Waals surface area contributed by atoms with Crippen molar-refractivity contribution < 1.29 is 54.4 Å². The maximum Gasteiger partial charge on any atom is 0.418 e. The van der Waals surface area contributed by atoms with Crippen LogP contribution >= 0.6 is 35.0 Å². The fraction of sp³-hybridized carbons (Fsp3) is 0.245. The van der Waals surface area contributed by atoms with E-state index < -0.39 is 80.0 Å². The van der Waals surface area contributed by atoms with Gasteiger partial charge in [0.25, 0.3) is 5.91 Å². The second-order valence-electron chi connectivity index (χ2n) is 17.8. The van der Waals surface area contributed by atoms with Crippen LogP contribution in [0.5, 0.6) is 0 Å². The molecule has 0 spiro atoms. The van der Waals surface area contributed by atoms with Crippen molar-refractivity contribution in [3.8, 4) is 22.5 Å². The van der Waals surface area contributed by atoms with Crippen molar-refractivity contribution in [3.05, 3.63) is 136 Å². The molecule has 24 heteroatoms. The van der Waals surface area contributed by atoms with Crippen LogP contribution in [0.1, 0.15) is 12.8 Å². The third kappa shape index (κ3) is 8.98. The van der Waals surface area contributed by atoms with Crippen molar-refractivity contribution in [1.29, 1.82) is 0 Å². The van der Waals surface area contributed by atoms with Gasteiger partial charge in [-0.3, -0.25) is 19.0 Å². The molecule has 3 fully saturated rings. The van der Waals surface area contributed by atoms with Crippen molar-refractivity contribution in [2.24, 2.45) is 0 Å². The summed E-state index contributed by atoms with van der Waals surface area (Å²) in [6, 6.07) is 28.5. The first kappa shape index (κ1) is 50.1. The van der Waals surface area contributed by atoms with Crippen LogP contribution in [0.3, 0.4) is 0 Å². The molecule has 4 aromatic carbocycles. The number of carboxylic acid groups (broad SMARTS) is 1. The Balaban J connectivity index is 0.970. The summed E-state index contributed by atoms with van der Waals surface area (Å²) in [6.45, 7) is -0.490. The number of nitrogens with one attached hydrogen (secondary N) is 1. The van der Waals surface area contributed by atoms with Gasteiger partial charge in [-0.25, -0.2) is 18.0 Å². The topological polar surface area (TPSA) is 231 Å². The third-order valence-corrected chi connectivity index (χ3v) is 17.7. The van der Waals surface area contributed by atoms with Crippen LogP contribution in [0.2, 0.25) is 10.0 Å². The molecule has 1 aliphatic carbocycles. The number of fused-ring (bicyclic) bond motifs is 5. The molecular weight excluding hydrogens is 1050 g/mol. The van der Waals surface area contributed by atoms with Gasteiger partial charge in [0.2, 0.25) is 27.0 Å². The first-order valence-electron chi connectivity index (χ1n) is 22.6. The van der Waals surface area contributed by atoms with Gasteiger partial charge in [0, 0.05) is 78.9 Å². The summed E-state index contributed by atoms with van der Waals surface area (Å²) >= 11 is 14.4. The van der Waals surface area contributed by atoms with E-state index in [1.54, 1.807) is 30.3 Å². The zero-order chi connectivity index (χ0) is 51.8. The molecule has 6 aliphatic rings. The Hall–Kier alpha value is -6.50. The Labute approximate surface area is 432 Å². The number of thioether (sulfide) groups is 1. The van der Waals surface area contributed by atoms with Crippen LogP contribution in [0.25, 0.3) is 33.4 Å². The monoisotopic (exact) mass is 1090 g/mol. The lowest BCUT2D eigenvalue weighted by Gasteiger charge is -2.50. The predicted molar refractivity (Wildman–Crippen MR) is 273 cm³/mol. The minimum Gasteiger partial charge on any atom is -0.477 e. The number of halogens is 2. The first-order valence-corrected chi connectivity index (χ1v) is 27.2. The highest BCUT2D eigenvalue weighted by molar-refractivity contribution is 8.00. The number of β-lactam (4-membered cyclic amide) rings is 1. The van der Waals surface area contributed by atoms with Crippen LogP contribution in [0, 0.1) is 0 Å². The number of para-hydroxylation sites is 2. The number of aliphatic carboxylic acids is 1. The Bertz CT molecular complexity index is 3630. The lowest BCUT2D eigenvalue weighted by Crippen LogP contribution is -2.72. The molecule has 378 valence electrons. The Morgan fingerprint density at radius 2 is 1.62 bits per heavy atom. The number of nitrogens with zero attached hydrogens (tertiary/aromatic N) is 6. The molecule has 0 aromatic heterocycles. The third-order valence-electron chi connectivity index (χ3n) is 13.5. The molecule has 4 aromatic rings. The molecule has 3 saturated heterocycles. The van der Waals surface area contributed by atoms with Gasteiger partial charge in [-0.1, -0.05) is 65.7 Å². The van der Waals surface area contributed by atoms with E-state index in [4.69, 9.17) is 32.2 Å². The van der Waals surface area contributed by atoms with Crippen molar-refractivity contribution in [2.45, 2.75) is 41.2 Å². The largest absolute Gasteiger partial charge is 0.477 e. The number of carboxylic acids is 1. The van der Waals surface area contributed by atoms with Crippen LogP contribution in [0.4, 0.5) is 21.9 Å². The highest BCUT2D eigenvalue weighted by atomic mass is 35.5. The molecule has 3 N–H and O–H groups in total. The van der Waals surface area contributed by atoms with E-state index in [0.29, 0.717) is 48.5 Å². The van der Waals surface area contributed by atoms with Gasteiger partial charge in [0.1, 0.15) is 46.6 Å². The van der Waals surface area contributed by atoms with E-state index in [0.717, 1.165) is 48.3 Å². The Morgan fingerprint density at radius 3 is 2.34 bits per heavy atom. The van der Waals surface area contributed by atoms with E-state index in [2.05, 4.69) is 9.60 Å².